The fourth-order valence-electron chi connectivity index (χ4n) is 2.87. The molecule has 1 atom stereocenters. The van der Waals surface area contributed by atoms with Gasteiger partial charge in [-0.1, -0.05) is 41.6 Å². The predicted octanol–water partition coefficient (Wildman–Crippen LogP) is 3.10. The fraction of sp³-hybridized carbons (Fsp3) is 0.222. The normalized spacial score (nSPS) is 13.1. The molecular formula is C18H19N3O3S. The number of aromatic nitrogens is 2. The predicted molar refractivity (Wildman–Crippen MR) is 93.4 cm³/mol. The number of hydrogen-bond acceptors (Lipinski definition) is 5. The topological polar surface area (TPSA) is 76.3 Å². The molecule has 0 fully saturated rings. The van der Waals surface area contributed by atoms with Gasteiger partial charge in [0.1, 0.15) is 10.6 Å². The van der Waals surface area contributed by atoms with E-state index in [0.717, 1.165) is 5.56 Å². The van der Waals surface area contributed by atoms with Crippen molar-refractivity contribution in [1.82, 2.24) is 14.4 Å². The second kappa shape index (κ2) is 6.78. The summed E-state index contributed by atoms with van der Waals surface area (Å²) in [6, 6.07) is 14.3. The molecule has 0 unspecified atom stereocenters. The molecule has 0 aliphatic carbocycles. The van der Waals surface area contributed by atoms with Gasteiger partial charge < -0.3 is 4.52 Å². The van der Waals surface area contributed by atoms with Crippen molar-refractivity contribution in [3.8, 4) is 0 Å². The van der Waals surface area contributed by atoms with Crippen molar-refractivity contribution in [2.75, 3.05) is 7.05 Å². The lowest BCUT2D eigenvalue weighted by Gasteiger charge is -2.27. The molecule has 3 rings (SSSR count). The van der Waals surface area contributed by atoms with E-state index in [1.165, 1.54) is 4.31 Å². The Bertz CT molecular complexity index is 895. The van der Waals surface area contributed by atoms with Crippen molar-refractivity contribution in [3.05, 3.63) is 77.4 Å². The van der Waals surface area contributed by atoms with Crippen LogP contribution >= 0.6 is 0 Å². The van der Waals surface area contributed by atoms with Gasteiger partial charge in [0.2, 0.25) is 10.0 Å². The van der Waals surface area contributed by atoms with E-state index in [1.807, 2.05) is 42.5 Å². The first-order valence-electron chi connectivity index (χ1n) is 7.79. The van der Waals surface area contributed by atoms with E-state index < -0.39 is 16.1 Å². The minimum Gasteiger partial charge on any atom is -0.360 e. The summed E-state index contributed by atoms with van der Waals surface area (Å²) in [4.78, 5) is 4.47. The van der Waals surface area contributed by atoms with Crippen molar-refractivity contribution in [2.45, 2.75) is 24.8 Å². The van der Waals surface area contributed by atoms with E-state index in [1.54, 1.807) is 33.2 Å². The van der Waals surface area contributed by atoms with Gasteiger partial charge in [0.25, 0.3) is 0 Å². The summed E-state index contributed by atoms with van der Waals surface area (Å²) in [6.45, 7) is 3.22. The maximum absolute atomic E-state index is 13.2. The zero-order chi connectivity index (χ0) is 18.0. The number of aryl methyl sites for hydroxylation is 2. The van der Waals surface area contributed by atoms with Crippen molar-refractivity contribution >= 4 is 10.0 Å². The summed E-state index contributed by atoms with van der Waals surface area (Å²) in [5, 5.41) is 3.77. The van der Waals surface area contributed by atoms with E-state index in [0.29, 0.717) is 11.4 Å². The highest BCUT2D eigenvalue weighted by molar-refractivity contribution is 7.89. The minimum absolute atomic E-state index is 0.104. The Labute approximate surface area is 147 Å². The quantitative estimate of drug-likeness (QED) is 0.701. The SMILES string of the molecule is Cc1noc(C)c1S(=O)(=O)N(C)[C@H](c1ccccc1)c1ccccn1. The largest absolute Gasteiger partial charge is 0.360 e. The molecule has 0 bridgehead atoms. The molecule has 0 saturated carbocycles. The Balaban J connectivity index is 2.14. The third kappa shape index (κ3) is 3.20. The molecule has 7 heteroatoms. The van der Waals surface area contributed by atoms with Crippen LogP contribution in [0.3, 0.4) is 0 Å². The zero-order valence-electron chi connectivity index (χ0n) is 14.2. The number of nitrogens with zero attached hydrogens (tertiary/aromatic N) is 3. The first kappa shape index (κ1) is 17.3. The van der Waals surface area contributed by atoms with Crippen LogP contribution in [-0.2, 0) is 10.0 Å². The highest BCUT2D eigenvalue weighted by Crippen LogP contribution is 2.32. The van der Waals surface area contributed by atoms with E-state index in [9.17, 15) is 8.42 Å². The van der Waals surface area contributed by atoms with Crippen molar-refractivity contribution < 1.29 is 12.9 Å². The highest BCUT2D eigenvalue weighted by atomic mass is 32.2. The molecule has 2 aromatic heterocycles. The van der Waals surface area contributed by atoms with Crippen LogP contribution in [0.1, 0.15) is 28.8 Å². The van der Waals surface area contributed by atoms with Crippen molar-refractivity contribution in [1.29, 1.82) is 0 Å². The average molecular weight is 357 g/mol. The lowest BCUT2D eigenvalue weighted by molar-refractivity contribution is 0.387. The third-order valence-corrected chi connectivity index (χ3v) is 6.12. The maximum atomic E-state index is 13.2. The number of rotatable bonds is 5. The van der Waals surface area contributed by atoms with E-state index in [2.05, 4.69) is 10.1 Å². The standard InChI is InChI=1S/C18H19N3O3S/c1-13-18(14(2)24-20-13)25(22,23)21(3)17(15-9-5-4-6-10-15)16-11-7-8-12-19-16/h4-12,17H,1-3H3/t17-/m1/s1. The summed E-state index contributed by atoms with van der Waals surface area (Å²) in [7, 11) is -2.27. The van der Waals surface area contributed by atoms with Crippen molar-refractivity contribution in [2.24, 2.45) is 0 Å². The fourth-order valence-corrected chi connectivity index (χ4v) is 4.47. The monoisotopic (exact) mass is 357 g/mol. The van der Waals surface area contributed by atoms with Gasteiger partial charge in [-0.15, -0.1) is 0 Å². The van der Waals surface area contributed by atoms with E-state index in [4.69, 9.17) is 4.52 Å². The lowest BCUT2D eigenvalue weighted by atomic mass is 10.0. The van der Waals surface area contributed by atoms with Gasteiger partial charge in [0.05, 0.1) is 11.7 Å². The van der Waals surface area contributed by atoms with Gasteiger partial charge in [-0.3, -0.25) is 4.98 Å². The molecule has 0 spiro atoms. The van der Waals surface area contributed by atoms with Crippen molar-refractivity contribution in [3.63, 3.8) is 0 Å². The van der Waals surface area contributed by atoms with E-state index >= 15 is 0 Å². The summed E-state index contributed by atoms with van der Waals surface area (Å²) in [5.41, 5.74) is 1.82. The third-order valence-electron chi connectivity index (χ3n) is 4.05. The second-order valence-corrected chi connectivity index (χ2v) is 7.68. The van der Waals surface area contributed by atoms with Crippen LogP contribution in [0.5, 0.6) is 0 Å². The van der Waals surface area contributed by atoms with Crippen LogP contribution in [0.15, 0.2) is 64.1 Å². The Morgan fingerprint density at radius 1 is 1.04 bits per heavy atom. The highest BCUT2D eigenvalue weighted by Gasteiger charge is 2.35. The molecule has 2 heterocycles. The molecule has 0 N–H and O–H groups in total. The average Bonchev–Trinajstić information content (AvgIpc) is 2.96. The molecule has 1 aromatic carbocycles. The van der Waals surface area contributed by atoms with Crippen LogP contribution in [0.25, 0.3) is 0 Å². The molecule has 130 valence electrons. The van der Waals surface area contributed by atoms with Gasteiger partial charge in [-0.25, -0.2) is 8.42 Å². The smallest absolute Gasteiger partial charge is 0.249 e. The second-order valence-electron chi connectivity index (χ2n) is 5.74. The Morgan fingerprint density at radius 2 is 1.72 bits per heavy atom. The first-order valence-corrected chi connectivity index (χ1v) is 9.23. The molecule has 0 aliphatic rings. The Hall–Kier alpha value is -2.51. The summed E-state index contributed by atoms with van der Waals surface area (Å²) in [5.74, 6) is 0.275. The summed E-state index contributed by atoms with van der Waals surface area (Å²) >= 11 is 0. The van der Waals surface area contributed by atoms with Crippen LogP contribution in [0, 0.1) is 13.8 Å². The molecule has 25 heavy (non-hydrogen) atoms. The number of pyridine rings is 1. The van der Waals surface area contributed by atoms with Gasteiger partial charge in [-0.2, -0.15) is 4.31 Å². The van der Waals surface area contributed by atoms with Crippen LogP contribution in [0.4, 0.5) is 0 Å². The molecule has 0 aliphatic heterocycles. The molecule has 6 nitrogen and oxygen atoms in total. The molecule has 0 radical (unpaired) electrons. The number of sulfonamides is 1. The van der Waals surface area contributed by atoms with Gasteiger partial charge in [-0.05, 0) is 31.5 Å². The maximum Gasteiger partial charge on any atom is 0.249 e. The van der Waals surface area contributed by atoms with Crippen LogP contribution in [0.2, 0.25) is 0 Å². The van der Waals surface area contributed by atoms with Gasteiger partial charge in [0.15, 0.2) is 5.76 Å². The summed E-state index contributed by atoms with van der Waals surface area (Å²) < 4.78 is 32.8. The minimum atomic E-state index is -3.82. The van der Waals surface area contributed by atoms with E-state index in [-0.39, 0.29) is 10.7 Å². The molecule has 0 saturated heterocycles. The molecule has 0 amide bonds. The molecular weight excluding hydrogens is 338 g/mol. The van der Waals surface area contributed by atoms with Gasteiger partial charge >= 0.3 is 0 Å². The van der Waals surface area contributed by atoms with Crippen LogP contribution < -0.4 is 0 Å². The Morgan fingerprint density at radius 3 is 2.28 bits per heavy atom. The zero-order valence-corrected chi connectivity index (χ0v) is 15.1. The lowest BCUT2D eigenvalue weighted by Crippen LogP contribution is -2.33. The number of hydrogen-bond donors (Lipinski definition) is 0. The molecule has 3 aromatic rings. The first-order chi connectivity index (χ1) is 11.9. The van der Waals surface area contributed by atoms with Gasteiger partial charge in [0, 0.05) is 13.2 Å². The number of benzene rings is 1. The Kier molecular flexibility index (Phi) is 4.69. The van der Waals surface area contributed by atoms with Crippen LogP contribution in [-0.4, -0.2) is 29.9 Å². The summed E-state index contributed by atoms with van der Waals surface area (Å²) in [6.07, 6.45) is 1.65.